The zero-order chi connectivity index (χ0) is 20.6. The molecule has 5 heteroatoms. The fraction of sp³-hybridized carbons (Fsp3) is 0.417. The average molecular weight is 395 g/mol. The third kappa shape index (κ3) is 5.59. The van der Waals surface area contributed by atoms with E-state index in [9.17, 15) is 9.59 Å². The van der Waals surface area contributed by atoms with E-state index in [0.29, 0.717) is 35.1 Å². The van der Waals surface area contributed by atoms with E-state index in [1.54, 1.807) is 24.3 Å². The molecule has 1 aliphatic heterocycles. The van der Waals surface area contributed by atoms with Gasteiger partial charge in [0.1, 0.15) is 5.75 Å². The van der Waals surface area contributed by atoms with Gasteiger partial charge < -0.3 is 15.0 Å². The summed E-state index contributed by atoms with van der Waals surface area (Å²) in [7, 11) is 0. The van der Waals surface area contributed by atoms with Gasteiger partial charge in [-0.05, 0) is 55.9 Å². The van der Waals surface area contributed by atoms with Crippen LogP contribution in [0.1, 0.15) is 60.2 Å². The maximum atomic E-state index is 13.0. The van der Waals surface area contributed by atoms with Crippen molar-refractivity contribution in [2.45, 2.75) is 39.5 Å². The molecule has 29 heavy (non-hydrogen) atoms. The van der Waals surface area contributed by atoms with Crippen molar-refractivity contribution in [3.05, 3.63) is 59.7 Å². The first-order chi connectivity index (χ1) is 14.1. The van der Waals surface area contributed by atoms with Crippen molar-refractivity contribution in [2.24, 2.45) is 5.92 Å². The van der Waals surface area contributed by atoms with E-state index >= 15 is 0 Å². The van der Waals surface area contributed by atoms with Gasteiger partial charge in [-0.1, -0.05) is 38.1 Å². The minimum absolute atomic E-state index is 0.0259. The van der Waals surface area contributed by atoms with Crippen molar-refractivity contribution in [2.75, 3.05) is 25.0 Å². The monoisotopic (exact) mass is 394 g/mol. The molecule has 1 aliphatic rings. The molecule has 5 nitrogen and oxygen atoms in total. The highest BCUT2D eigenvalue weighted by molar-refractivity contribution is 6.10. The summed E-state index contributed by atoms with van der Waals surface area (Å²) < 4.78 is 5.84. The third-order valence-corrected chi connectivity index (χ3v) is 5.13. The summed E-state index contributed by atoms with van der Waals surface area (Å²) in [5, 5.41) is 2.92. The molecular formula is C24H30N2O3. The number of hydrogen-bond donors (Lipinski definition) is 1. The van der Waals surface area contributed by atoms with E-state index in [4.69, 9.17) is 4.74 Å². The summed E-state index contributed by atoms with van der Waals surface area (Å²) in [4.78, 5) is 27.8. The van der Waals surface area contributed by atoms with Crippen LogP contribution in [0.15, 0.2) is 48.5 Å². The molecule has 1 fully saturated rings. The van der Waals surface area contributed by atoms with Crippen LogP contribution in [-0.4, -0.2) is 36.4 Å². The summed E-state index contributed by atoms with van der Waals surface area (Å²) >= 11 is 0. The number of nitrogens with zero attached hydrogens (tertiary/aromatic N) is 1. The van der Waals surface area contributed by atoms with E-state index in [0.717, 1.165) is 38.8 Å². The second-order valence-electron chi connectivity index (χ2n) is 7.88. The van der Waals surface area contributed by atoms with E-state index in [1.165, 1.54) is 0 Å². The van der Waals surface area contributed by atoms with Crippen LogP contribution in [0.3, 0.4) is 0 Å². The second-order valence-corrected chi connectivity index (χ2v) is 7.88. The molecule has 0 aromatic heterocycles. The van der Waals surface area contributed by atoms with Gasteiger partial charge in [-0.2, -0.15) is 0 Å². The van der Waals surface area contributed by atoms with Crippen molar-refractivity contribution in [3.8, 4) is 5.75 Å². The number of rotatable bonds is 7. The largest absolute Gasteiger partial charge is 0.493 e. The van der Waals surface area contributed by atoms with Crippen LogP contribution in [-0.2, 0) is 0 Å². The molecule has 2 aromatic rings. The molecule has 154 valence electrons. The molecule has 0 aliphatic carbocycles. The number of para-hydroxylation sites is 2. The fourth-order valence-electron chi connectivity index (χ4n) is 3.42. The predicted molar refractivity (Wildman–Crippen MR) is 116 cm³/mol. The van der Waals surface area contributed by atoms with Gasteiger partial charge in [-0.15, -0.1) is 0 Å². The summed E-state index contributed by atoms with van der Waals surface area (Å²) in [6.07, 6.45) is 4.14. The van der Waals surface area contributed by atoms with Gasteiger partial charge in [0.2, 0.25) is 0 Å². The molecule has 0 spiro atoms. The number of benzene rings is 2. The Labute approximate surface area is 173 Å². The van der Waals surface area contributed by atoms with Crippen LogP contribution < -0.4 is 10.1 Å². The van der Waals surface area contributed by atoms with Crippen LogP contribution in [0.2, 0.25) is 0 Å². The molecule has 1 saturated heterocycles. The Morgan fingerprint density at radius 1 is 0.966 bits per heavy atom. The second kappa shape index (κ2) is 10.1. The Balaban J connectivity index is 1.75. The lowest BCUT2D eigenvalue weighted by Crippen LogP contribution is -2.36. The first kappa shape index (κ1) is 20.9. The molecule has 0 saturated carbocycles. The molecule has 1 heterocycles. The molecule has 1 N–H and O–H groups in total. The molecule has 2 amide bonds. The maximum Gasteiger partial charge on any atom is 0.259 e. The fourth-order valence-corrected chi connectivity index (χ4v) is 3.42. The Morgan fingerprint density at radius 3 is 2.34 bits per heavy atom. The van der Waals surface area contributed by atoms with E-state index < -0.39 is 0 Å². The van der Waals surface area contributed by atoms with Gasteiger partial charge in [0.05, 0.1) is 23.4 Å². The van der Waals surface area contributed by atoms with E-state index in [2.05, 4.69) is 19.2 Å². The van der Waals surface area contributed by atoms with Gasteiger partial charge in [0.25, 0.3) is 11.8 Å². The first-order valence-electron chi connectivity index (χ1n) is 10.5. The molecular weight excluding hydrogens is 364 g/mol. The van der Waals surface area contributed by atoms with Crippen molar-refractivity contribution < 1.29 is 14.3 Å². The Hall–Kier alpha value is -2.82. The SMILES string of the molecule is CC(C)CCOc1ccccc1C(=O)Nc1ccccc1C(=O)N1CCCCC1. The lowest BCUT2D eigenvalue weighted by atomic mass is 10.1. The maximum absolute atomic E-state index is 13.0. The summed E-state index contributed by atoms with van der Waals surface area (Å²) in [6.45, 7) is 6.38. The smallest absolute Gasteiger partial charge is 0.259 e. The molecule has 0 radical (unpaired) electrons. The van der Waals surface area contributed by atoms with Crippen LogP contribution in [0.4, 0.5) is 5.69 Å². The molecule has 2 aromatic carbocycles. The molecule has 0 unspecified atom stereocenters. The average Bonchev–Trinajstić information content (AvgIpc) is 2.74. The Morgan fingerprint density at radius 2 is 1.62 bits per heavy atom. The minimum atomic E-state index is -0.274. The number of carbonyl (C=O) groups is 2. The number of nitrogens with one attached hydrogen (secondary N) is 1. The standard InChI is InChI=1S/C24H30N2O3/c1-18(2)14-17-29-22-13-7-5-11-20(22)23(27)25-21-12-6-4-10-19(21)24(28)26-15-8-3-9-16-26/h4-7,10-13,18H,3,8-9,14-17H2,1-2H3,(H,25,27). The van der Waals surface area contributed by atoms with Crippen molar-refractivity contribution in [1.29, 1.82) is 0 Å². The predicted octanol–water partition coefficient (Wildman–Crippen LogP) is 4.99. The van der Waals surface area contributed by atoms with Crippen molar-refractivity contribution >= 4 is 17.5 Å². The zero-order valence-electron chi connectivity index (χ0n) is 17.3. The molecule has 3 rings (SSSR count). The van der Waals surface area contributed by atoms with Gasteiger partial charge in [-0.3, -0.25) is 9.59 Å². The highest BCUT2D eigenvalue weighted by Crippen LogP contribution is 2.24. The van der Waals surface area contributed by atoms with Gasteiger partial charge in [0, 0.05) is 13.1 Å². The zero-order valence-corrected chi connectivity index (χ0v) is 17.3. The van der Waals surface area contributed by atoms with Gasteiger partial charge in [0.15, 0.2) is 0 Å². The summed E-state index contributed by atoms with van der Waals surface area (Å²) in [6, 6.07) is 14.4. The first-order valence-corrected chi connectivity index (χ1v) is 10.5. The number of anilines is 1. The summed E-state index contributed by atoms with van der Waals surface area (Å²) in [5.74, 6) is 0.792. The van der Waals surface area contributed by atoms with Crippen molar-refractivity contribution in [3.63, 3.8) is 0 Å². The van der Waals surface area contributed by atoms with Gasteiger partial charge >= 0.3 is 0 Å². The highest BCUT2D eigenvalue weighted by atomic mass is 16.5. The lowest BCUT2D eigenvalue weighted by Gasteiger charge is -2.27. The number of ether oxygens (including phenoxy) is 1. The van der Waals surface area contributed by atoms with Crippen LogP contribution in [0.25, 0.3) is 0 Å². The quantitative estimate of drug-likeness (QED) is 0.720. The van der Waals surface area contributed by atoms with Crippen molar-refractivity contribution in [1.82, 2.24) is 4.90 Å². The highest BCUT2D eigenvalue weighted by Gasteiger charge is 2.22. The van der Waals surface area contributed by atoms with Crippen LogP contribution in [0.5, 0.6) is 5.75 Å². The van der Waals surface area contributed by atoms with Crippen LogP contribution >= 0.6 is 0 Å². The number of amides is 2. The van der Waals surface area contributed by atoms with Gasteiger partial charge in [-0.25, -0.2) is 0 Å². The van der Waals surface area contributed by atoms with E-state index in [-0.39, 0.29) is 11.8 Å². The van der Waals surface area contributed by atoms with E-state index in [1.807, 2.05) is 29.2 Å². The third-order valence-electron chi connectivity index (χ3n) is 5.13. The molecule has 0 bridgehead atoms. The Kier molecular flexibility index (Phi) is 7.28. The number of likely N-dealkylation sites (tertiary alicyclic amines) is 1. The number of hydrogen-bond acceptors (Lipinski definition) is 3. The lowest BCUT2D eigenvalue weighted by molar-refractivity contribution is 0.0725. The Bertz CT molecular complexity index is 842. The summed E-state index contributed by atoms with van der Waals surface area (Å²) in [5.41, 5.74) is 1.53. The van der Waals surface area contributed by atoms with Crippen LogP contribution in [0, 0.1) is 5.92 Å². The minimum Gasteiger partial charge on any atom is -0.493 e. The topological polar surface area (TPSA) is 58.6 Å². The molecule has 0 atom stereocenters. The normalized spacial score (nSPS) is 14.0. The number of piperidine rings is 1. The number of carbonyl (C=O) groups excluding carboxylic acids is 2.